The first-order chi connectivity index (χ1) is 9.11. The molecule has 0 saturated heterocycles. The van der Waals surface area contributed by atoms with E-state index in [0.29, 0.717) is 0 Å². The van der Waals surface area contributed by atoms with Gasteiger partial charge in [-0.2, -0.15) is 5.10 Å². The van der Waals surface area contributed by atoms with Gasteiger partial charge in [0.05, 0.1) is 34.9 Å². The van der Waals surface area contributed by atoms with E-state index >= 15 is 0 Å². The van der Waals surface area contributed by atoms with Crippen LogP contribution < -0.4 is 9.57 Å². The quantitative estimate of drug-likeness (QED) is 0.573. The molecule has 1 aromatic heterocycles. The molecule has 2 heterocycles. The zero-order chi connectivity index (χ0) is 13.6. The molecular formula is C15H17N4+. The van der Waals surface area contributed by atoms with Crippen LogP contribution in [-0.2, 0) is 6.54 Å². The lowest BCUT2D eigenvalue weighted by atomic mass is 10.0. The van der Waals surface area contributed by atoms with Crippen molar-refractivity contribution in [2.24, 2.45) is 0 Å². The molecular weight excluding hydrogens is 236 g/mol. The summed E-state index contributed by atoms with van der Waals surface area (Å²) in [6, 6.07) is 8.36. The molecule has 0 radical (unpaired) electrons. The number of anilines is 1. The number of nitrogens with zero attached hydrogens (tertiary/aromatic N) is 4. The fraction of sp³-hybridized carbons (Fsp3) is 0.267. The Morgan fingerprint density at radius 2 is 2.21 bits per heavy atom. The van der Waals surface area contributed by atoms with Crippen molar-refractivity contribution in [3.63, 3.8) is 0 Å². The molecule has 0 bridgehead atoms. The number of benzene rings is 1. The van der Waals surface area contributed by atoms with Crippen molar-refractivity contribution >= 4 is 18.1 Å². The summed E-state index contributed by atoms with van der Waals surface area (Å²) in [7, 11) is 2.10. The van der Waals surface area contributed by atoms with E-state index in [2.05, 4.69) is 46.6 Å². The lowest BCUT2D eigenvalue weighted by Gasteiger charge is -2.29. The minimum absolute atomic E-state index is 0.856. The van der Waals surface area contributed by atoms with E-state index in [4.69, 9.17) is 0 Å². The number of fused-ring (bicyclic) bond motifs is 3. The van der Waals surface area contributed by atoms with E-state index in [1.807, 2.05) is 24.6 Å². The van der Waals surface area contributed by atoms with Gasteiger partial charge in [-0.05, 0) is 25.1 Å². The van der Waals surface area contributed by atoms with Crippen molar-refractivity contribution in [1.82, 2.24) is 14.4 Å². The van der Waals surface area contributed by atoms with Gasteiger partial charge in [0.2, 0.25) is 0 Å². The van der Waals surface area contributed by atoms with Crippen molar-refractivity contribution in [2.45, 2.75) is 20.4 Å². The van der Waals surface area contributed by atoms with Gasteiger partial charge in [0, 0.05) is 14.0 Å². The van der Waals surface area contributed by atoms with Crippen LogP contribution in [0.5, 0.6) is 0 Å². The van der Waals surface area contributed by atoms with Crippen LogP contribution >= 0.6 is 0 Å². The van der Waals surface area contributed by atoms with E-state index in [1.165, 1.54) is 11.4 Å². The minimum Gasteiger partial charge on any atom is -0.366 e. The van der Waals surface area contributed by atoms with Crippen LogP contribution in [-0.4, -0.2) is 29.3 Å². The molecule has 0 saturated carbocycles. The van der Waals surface area contributed by atoms with Gasteiger partial charge in [-0.3, -0.25) is 0 Å². The third-order valence-corrected chi connectivity index (χ3v) is 3.56. The standard InChI is InChI=1S/C15H17N4/c1-10-8-12-9-18(4)15-13(11(2)16-3)6-5-7-14(15)19(12)17-10/h5-8H,3,9H2,1-2,4H3/q+1. The van der Waals surface area contributed by atoms with Gasteiger partial charge in [-0.1, -0.05) is 6.07 Å². The topological polar surface area (TPSA) is 35.2 Å². The predicted molar refractivity (Wildman–Crippen MR) is 79.4 cm³/mol. The fourth-order valence-corrected chi connectivity index (χ4v) is 2.68. The van der Waals surface area contributed by atoms with Crippen molar-refractivity contribution in [3.05, 3.63) is 41.2 Å². The molecule has 0 N–H and O–H groups in total. The maximum atomic E-state index is 4.59. The molecule has 0 fully saturated rings. The zero-order valence-corrected chi connectivity index (χ0v) is 11.5. The Bertz CT molecular complexity index is 705. The van der Waals surface area contributed by atoms with Crippen LogP contribution in [0.1, 0.15) is 23.9 Å². The van der Waals surface area contributed by atoms with Gasteiger partial charge >= 0.3 is 5.71 Å². The number of para-hydroxylation sites is 1. The third-order valence-electron chi connectivity index (χ3n) is 3.56. The highest BCUT2D eigenvalue weighted by Crippen LogP contribution is 2.34. The molecule has 4 heteroatoms. The van der Waals surface area contributed by atoms with E-state index < -0.39 is 0 Å². The minimum atomic E-state index is 0.856. The van der Waals surface area contributed by atoms with E-state index in [-0.39, 0.29) is 0 Å². The Hall–Kier alpha value is -2.32. The summed E-state index contributed by atoms with van der Waals surface area (Å²) in [5.74, 6) is 0. The summed E-state index contributed by atoms with van der Waals surface area (Å²) in [4.78, 5) is 2.25. The highest BCUT2D eigenvalue weighted by Gasteiger charge is 2.26. The number of rotatable bonds is 1. The van der Waals surface area contributed by atoms with Crippen molar-refractivity contribution in [1.29, 1.82) is 0 Å². The van der Waals surface area contributed by atoms with Crippen LogP contribution in [0.15, 0.2) is 24.3 Å². The first-order valence-electron chi connectivity index (χ1n) is 6.32. The molecule has 1 aliphatic rings. The molecule has 96 valence electrons. The van der Waals surface area contributed by atoms with Gasteiger partial charge in [-0.15, -0.1) is 4.67 Å². The average Bonchev–Trinajstić information content (AvgIpc) is 2.78. The van der Waals surface area contributed by atoms with Gasteiger partial charge in [-0.25, -0.2) is 4.68 Å². The predicted octanol–water partition coefficient (Wildman–Crippen LogP) is 1.71. The summed E-state index contributed by atoms with van der Waals surface area (Å²) in [6.07, 6.45) is 0. The van der Waals surface area contributed by atoms with Gasteiger partial charge in [0.1, 0.15) is 0 Å². The van der Waals surface area contributed by atoms with Crippen molar-refractivity contribution < 1.29 is 0 Å². The van der Waals surface area contributed by atoms with E-state index in [1.54, 1.807) is 0 Å². The molecule has 0 spiro atoms. The fourth-order valence-electron chi connectivity index (χ4n) is 2.68. The molecule has 2 aromatic rings. The maximum Gasteiger partial charge on any atom is 0.309 e. The van der Waals surface area contributed by atoms with Gasteiger partial charge < -0.3 is 4.90 Å². The summed E-state index contributed by atoms with van der Waals surface area (Å²) < 4.78 is 6.11. The van der Waals surface area contributed by atoms with E-state index in [0.717, 1.165) is 29.2 Å². The lowest BCUT2D eigenvalue weighted by molar-refractivity contribution is 0.735. The summed E-state index contributed by atoms with van der Waals surface area (Å²) in [6.45, 7) is 8.50. The zero-order valence-electron chi connectivity index (χ0n) is 11.5. The first-order valence-corrected chi connectivity index (χ1v) is 6.32. The number of aromatic nitrogens is 2. The highest BCUT2D eigenvalue weighted by atomic mass is 15.3. The monoisotopic (exact) mass is 253 g/mol. The number of aryl methyl sites for hydroxylation is 1. The Morgan fingerprint density at radius 3 is 2.95 bits per heavy atom. The maximum absolute atomic E-state index is 4.59. The molecule has 4 nitrogen and oxygen atoms in total. The summed E-state index contributed by atoms with van der Waals surface area (Å²) in [5.41, 5.74) is 6.60. The Morgan fingerprint density at radius 1 is 1.42 bits per heavy atom. The van der Waals surface area contributed by atoms with Crippen LogP contribution in [0.4, 0.5) is 5.69 Å². The van der Waals surface area contributed by atoms with Gasteiger partial charge in [0.15, 0.2) is 0 Å². The van der Waals surface area contributed by atoms with Gasteiger partial charge in [0.25, 0.3) is 6.72 Å². The normalized spacial score (nSPS) is 12.7. The van der Waals surface area contributed by atoms with Crippen LogP contribution in [0.25, 0.3) is 5.69 Å². The molecule has 1 aromatic carbocycles. The van der Waals surface area contributed by atoms with Crippen LogP contribution in [0.3, 0.4) is 0 Å². The third kappa shape index (κ3) is 1.69. The molecule has 0 amide bonds. The van der Waals surface area contributed by atoms with Crippen LogP contribution in [0.2, 0.25) is 0 Å². The Labute approximate surface area is 112 Å². The number of hydrogen-bond acceptors (Lipinski definition) is 2. The molecule has 0 atom stereocenters. The lowest BCUT2D eigenvalue weighted by Crippen LogP contribution is -2.27. The molecule has 1 aliphatic heterocycles. The summed E-state index contributed by atoms with van der Waals surface area (Å²) >= 11 is 0. The second-order valence-corrected chi connectivity index (χ2v) is 4.96. The summed E-state index contributed by atoms with van der Waals surface area (Å²) in [5, 5.41) is 4.59. The van der Waals surface area contributed by atoms with Crippen molar-refractivity contribution in [2.75, 3.05) is 11.9 Å². The highest BCUT2D eigenvalue weighted by molar-refractivity contribution is 6.05. The second kappa shape index (κ2) is 4.11. The van der Waals surface area contributed by atoms with Crippen LogP contribution in [0, 0.1) is 6.92 Å². The Kier molecular flexibility index (Phi) is 2.54. The SMILES string of the molecule is C=[N+]=C(C)c1cccc2c1N(C)Cc1cc(C)nn1-2. The molecule has 3 rings (SSSR count). The average molecular weight is 253 g/mol. The molecule has 0 unspecified atom stereocenters. The smallest absolute Gasteiger partial charge is 0.309 e. The molecule has 0 aliphatic carbocycles. The van der Waals surface area contributed by atoms with Crippen molar-refractivity contribution in [3.8, 4) is 5.69 Å². The number of hydrogen-bond donors (Lipinski definition) is 0. The largest absolute Gasteiger partial charge is 0.366 e. The Balaban J connectivity index is 2.32. The molecule has 19 heavy (non-hydrogen) atoms. The first kappa shape index (κ1) is 11.8. The van der Waals surface area contributed by atoms with E-state index in [9.17, 15) is 0 Å². The second-order valence-electron chi connectivity index (χ2n) is 4.96.